The summed E-state index contributed by atoms with van der Waals surface area (Å²) >= 11 is 0. The third-order valence-corrected chi connectivity index (χ3v) is 5.70. The molecule has 4 rings (SSSR count). The Labute approximate surface area is 162 Å². The molecule has 2 aromatic carbocycles. The molecule has 142 valence electrons. The fourth-order valence-electron chi connectivity index (χ4n) is 2.80. The molecule has 7 heteroatoms. The van der Waals surface area contributed by atoms with Crippen molar-refractivity contribution in [3.05, 3.63) is 83.6 Å². The van der Waals surface area contributed by atoms with E-state index in [-0.39, 0.29) is 17.4 Å². The molecule has 2 aromatic heterocycles. The normalized spacial score (nSPS) is 11.6. The lowest BCUT2D eigenvalue weighted by Gasteiger charge is -2.03. The Morgan fingerprint density at radius 1 is 0.893 bits per heavy atom. The third-order valence-electron chi connectivity index (χ3n) is 4.20. The summed E-state index contributed by atoms with van der Waals surface area (Å²) in [5.41, 5.74) is 2.66. The van der Waals surface area contributed by atoms with E-state index in [2.05, 4.69) is 10.1 Å². The smallest absolute Gasteiger partial charge is 0.293 e. The SMILES string of the molecule is Cc1ccc(CS(=O)(=O)Cc2ccc(-c3nc(-c4ccccc4)no3)o2)cc1. The molecule has 0 saturated heterocycles. The van der Waals surface area contributed by atoms with E-state index in [1.54, 1.807) is 12.1 Å². The van der Waals surface area contributed by atoms with E-state index in [0.717, 1.165) is 16.7 Å². The first-order valence-corrected chi connectivity index (χ1v) is 10.5. The van der Waals surface area contributed by atoms with Gasteiger partial charge in [-0.05, 0) is 24.6 Å². The second-order valence-corrected chi connectivity index (χ2v) is 8.64. The largest absolute Gasteiger partial charge is 0.455 e. The van der Waals surface area contributed by atoms with Crippen molar-refractivity contribution in [1.82, 2.24) is 10.1 Å². The van der Waals surface area contributed by atoms with Crippen LogP contribution in [-0.2, 0) is 21.3 Å². The number of rotatable bonds is 6. The van der Waals surface area contributed by atoms with Crippen LogP contribution < -0.4 is 0 Å². The molecule has 0 N–H and O–H groups in total. The lowest BCUT2D eigenvalue weighted by Crippen LogP contribution is -2.07. The monoisotopic (exact) mass is 394 g/mol. The minimum absolute atomic E-state index is 0.0397. The van der Waals surface area contributed by atoms with Crippen LogP contribution in [0.25, 0.3) is 23.0 Å². The molecule has 0 aliphatic carbocycles. The average Bonchev–Trinajstić information content (AvgIpc) is 3.33. The van der Waals surface area contributed by atoms with Crippen LogP contribution in [0.1, 0.15) is 16.9 Å². The summed E-state index contributed by atoms with van der Waals surface area (Å²) in [5.74, 6) is 1.10. The fourth-order valence-corrected chi connectivity index (χ4v) is 4.20. The maximum atomic E-state index is 12.5. The summed E-state index contributed by atoms with van der Waals surface area (Å²) in [5, 5.41) is 3.95. The first kappa shape index (κ1) is 18.2. The number of benzene rings is 2. The van der Waals surface area contributed by atoms with Gasteiger partial charge in [0.2, 0.25) is 5.82 Å². The van der Waals surface area contributed by atoms with Crippen molar-refractivity contribution in [3.63, 3.8) is 0 Å². The lowest BCUT2D eigenvalue weighted by atomic mass is 10.2. The summed E-state index contributed by atoms with van der Waals surface area (Å²) in [4.78, 5) is 4.32. The number of aryl methyl sites for hydroxylation is 1. The van der Waals surface area contributed by atoms with Gasteiger partial charge in [-0.3, -0.25) is 0 Å². The van der Waals surface area contributed by atoms with E-state index in [0.29, 0.717) is 17.3 Å². The molecule has 0 saturated carbocycles. The van der Waals surface area contributed by atoms with Crippen molar-refractivity contribution in [3.8, 4) is 23.0 Å². The van der Waals surface area contributed by atoms with Crippen LogP contribution in [0.4, 0.5) is 0 Å². The minimum Gasteiger partial charge on any atom is -0.455 e. The standard InChI is InChI=1S/C21H18N2O4S/c1-15-7-9-16(10-8-15)13-28(24,25)14-18-11-12-19(26-18)21-22-20(23-27-21)17-5-3-2-4-6-17/h2-12H,13-14H2,1H3. The number of aromatic nitrogens is 2. The second kappa shape index (κ2) is 7.44. The van der Waals surface area contributed by atoms with E-state index in [4.69, 9.17) is 8.94 Å². The van der Waals surface area contributed by atoms with Crippen LogP contribution in [0, 0.1) is 6.92 Å². The van der Waals surface area contributed by atoms with E-state index in [1.807, 2.05) is 61.5 Å². The molecule has 2 heterocycles. The predicted octanol–water partition coefficient (Wildman–Crippen LogP) is 4.42. The molecule has 6 nitrogen and oxygen atoms in total. The highest BCUT2D eigenvalue weighted by Crippen LogP contribution is 2.25. The van der Waals surface area contributed by atoms with Crippen molar-refractivity contribution in [2.75, 3.05) is 0 Å². The Balaban J connectivity index is 1.48. The van der Waals surface area contributed by atoms with Crippen LogP contribution in [0.5, 0.6) is 0 Å². The predicted molar refractivity (Wildman–Crippen MR) is 105 cm³/mol. The third kappa shape index (κ3) is 4.20. The van der Waals surface area contributed by atoms with Gasteiger partial charge in [0.1, 0.15) is 11.5 Å². The Morgan fingerprint density at radius 2 is 1.64 bits per heavy atom. The van der Waals surface area contributed by atoms with Crippen LogP contribution in [0.3, 0.4) is 0 Å². The summed E-state index contributed by atoms with van der Waals surface area (Å²) in [7, 11) is -3.37. The van der Waals surface area contributed by atoms with Crippen molar-refractivity contribution in [1.29, 1.82) is 0 Å². The van der Waals surface area contributed by atoms with Crippen LogP contribution in [0.15, 0.2) is 75.7 Å². The molecule has 0 aliphatic heterocycles. The van der Waals surface area contributed by atoms with Gasteiger partial charge in [-0.15, -0.1) is 0 Å². The Morgan fingerprint density at radius 3 is 2.39 bits per heavy atom. The van der Waals surface area contributed by atoms with Gasteiger partial charge in [0.05, 0.1) is 5.75 Å². The van der Waals surface area contributed by atoms with Gasteiger partial charge in [0.25, 0.3) is 5.89 Å². The topological polar surface area (TPSA) is 86.2 Å². The van der Waals surface area contributed by atoms with Crippen LogP contribution in [-0.4, -0.2) is 18.6 Å². The molecule has 28 heavy (non-hydrogen) atoms. The van der Waals surface area contributed by atoms with Gasteiger partial charge >= 0.3 is 0 Å². The Kier molecular flexibility index (Phi) is 4.83. The molecule has 0 unspecified atom stereocenters. The Hall–Kier alpha value is -3.19. The highest BCUT2D eigenvalue weighted by Gasteiger charge is 2.19. The highest BCUT2D eigenvalue weighted by molar-refractivity contribution is 7.89. The summed E-state index contributed by atoms with van der Waals surface area (Å²) in [6, 6.07) is 20.1. The number of furan rings is 1. The quantitative estimate of drug-likeness (QED) is 0.481. The maximum absolute atomic E-state index is 12.5. The summed E-state index contributed by atoms with van der Waals surface area (Å²) < 4.78 is 35.8. The van der Waals surface area contributed by atoms with Crippen molar-refractivity contribution in [2.24, 2.45) is 0 Å². The molecule has 0 aliphatic rings. The molecule has 0 atom stereocenters. The zero-order valence-electron chi connectivity index (χ0n) is 15.2. The van der Waals surface area contributed by atoms with Crippen molar-refractivity contribution >= 4 is 9.84 Å². The molecule has 0 radical (unpaired) electrons. The van der Waals surface area contributed by atoms with E-state index in [9.17, 15) is 8.42 Å². The van der Waals surface area contributed by atoms with E-state index < -0.39 is 9.84 Å². The molecule has 0 fully saturated rings. The Bertz CT molecular complexity index is 1180. The molecule has 0 amide bonds. The van der Waals surface area contributed by atoms with Gasteiger partial charge in [-0.1, -0.05) is 65.3 Å². The van der Waals surface area contributed by atoms with Crippen molar-refractivity contribution in [2.45, 2.75) is 18.4 Å². The van der Waals surface area contributed by atoms with Gasteiger partial charge < -0.3 is 8.94 Å². The van der Waals surface area contributed by atoms with Gasteiger partial charge in [-0.25, -0.2) is 8.42 Å². The zero-order chi connectivity index (χ0) is 19.6. The second-order valence-electron chi connectivity index (χ2n) is 6.57. The van der Waals surface area contributed by atoms with Gasteiger partial charge in [-0.2, -0.15) is 4.98 Å². The number of nitrogens with zero attached hydrogens (tertiary/aromatic N) is 2. The van der Waals surface area contributed by atoms with E-state index in [1.165, 1.54) is 0 Å². The molecule has 0 spiro atoms. The van der Waals surface area contributed by atoms with Gasteiger partial charge in [0.15, 0.2) is 15.6 Å². The molecular formula is C21H18N2O4S. The first-order chi connectivity index (χ1) is 13.5. The maximum Gasteiger partial charge on any atom is 0.293 e. The lowest BCUT2D eigenvalue weighted by molar-refractivity contribution is 0.413. The molecule has 4 aromatic rings. The number of hydrogen-bond acceptors (Lipinski definition) is 6. The van der Waals surface area contributed by atoms with E-state index >= 15 is 0 Å². The highest BCUT2D eigenvalue weighted by atomic mass is 32.2. The first-order valence-electron chi connectivity index (χ1n) is 8.73. The summed E-state index contributed by atoms with van der Waals surface area (Å²) in [6.45, 7) is 1.96. The molecular weight excluding hydrogens is 376 g/mol. The molecule has 0 bridgehead atoms. The average molecular weight is 394 g/mol. The van der Waals surface area contributed by atoms with Crippen LogP contribution in [0.2, 0.25) is 0 Å². The van der Waals surface area contributed by atoms with Gasteiger partial charge in [0, 0.05) is 5.56 Å². The number of sulfone groups is 1. The number of hydrogen-bond donors (Lipinski definition) is 0. The fraction of sp³-hybridized carbons (Fsp3) is 0.143. The summed E-state index contributed by atoms with van der Waals surface area (Å²) in [6.07, 6.45) is 0. The minimum atomic E-state index is -3.37. The van der Waals surface area contributed by atoms with Crippen LogP contribution >= 0.6 is 0 Å². The van der Waals surface area contributed by atoms with Crippen molar-refractivity contribution < 1.29 is 17.4 Å². The zero-order valence-corrected chi connectivity index (χ0v) is 16.0.